The van der Waals surface area contributed by atoms with Gasteiger partial charge in [0, 0.05) is 12.6 Å². The fraction of sp³-hybridized carbons (Fsp3) is 0.500. The Labute approximate surface area is 116 Å². The zero-order valence-corrected chi connectivity index (χ0v) is 12.1. The second-order valence-corrected chi connectivity index (χ2v) is 8.55. The fourth-order valence-corrected chi connectivity index (χ4v) is 5.34. The van der Waals surface area contributed by atoms with Gasteiger partial charge in [0.15, 0.2) is 9.84 Å². The molecule has 1 aliphatic heterocycles. The SMILES string of the molecule is CC1CS(=O)(=O)CCN1S(=O)(=O)c1ccc(C(=O)O)o1. The van der Waals surface area contributed by atoms with Gasteiger partial charge in [-0.05, 0) is 19.1 Å². The van der Waals surface area contributed by atoms with Gasteiger partial charge in [0.1, 0.15) is 0 Å². The summed E-state index contributed by atoms with van der Waals surface area (Å²) in [5.74, 6) is -2.39. The van der Waals surface area contributed by atoms with E-state index in [1.165, 1.54) is 6.92 Å². The quantitative estimate of drug-likeness (QED) is 0.816. The van der Waals surface area contributed by atoms with Crippen molar-refractivity contribution in [2.24, 2.45) is 0 Å². The Hall–Kier alpha value is -1.39. The number of rotatable bonds is 3. The standard InChI is InChI=1S/C10H13NO7S2/c1-7-6-19(14,15)5-4-11(7)20(16,17)9-3-2-8(18-9)10(12)13/h2-3,7H,4-6H2,1H3,(H,12,13). The third kappa shape index (κ3) is 2.72. The highest BCUT2D eigenvalue weighted by atomic mass is 32.2. The Balaban J connectivity index is 2.33. The highest BCUT2D eigenvalue weighted by Gasteiger charge is 2.38. The summed E-state index contributed by atoms with van der Waals surface area (Å²) in [6.07, 6.45) is 0. The summed E-state index contributed by atoms with van der Waals surface area (Å²) < 4.78 is 53.3. The van der Waals surface area contributed by atoms with Crippen LogP contribution in [0.3, 0.4) is 0 Å². The number of aromatic carboxylic acids is 1. The van der Waals surface area contributed by atoms with Gasteiger partial charge in [0.05, 0.1) is 11.5 Å². The second-order valence-electron chi connectivity index (χ2n) is 4.50. The fourth-order valence-electron chi connectivity index (χ4n) is 2.03. The van der Waals surface area contributed by atoms with Crippen molar-refractivity contribution < 1.29 is 31.2 Å². The van der Waals surface area contributed by atoms with E-state index in [2.05, 4.69) is 0 Å². The summed E-state index contributed by atoms with van der Waals surface area (Å²) in [5.41, 5.74) is 0. The molecule has 0 amide bonds. The summed E-state index contributed by atoms with van der Waals surface area (Å²) in [6, 6.07) is 1.37. The molecule has 1 saturated heterocycles. The number of carbonyl (C=O) groups is 1. The second kappa shape index (κ2) is 4.86. The molecule has 1 N–H and O–H groups in total. The Morgan fingerprint density at radius 1 is 1.45 bits per heavy atom. The highest BCUT2D eigenvalue weighted by Crippen LogP contribution is 2.23. The lowest BCUT2D eigenvalue weighted by molar-refractivity contribution is 0.0656. The van der Waals surface area contributed by atoms with Crippen LogP contribution in [0.4, 0.5) is 0 Å². The van der Waals surface area contributed by atoms with Crippen LogP contribution in [0.15, 0.2) is 21.6 Å². The molecule has 0 radical (unpaired) electrons. The van der Waals surface area contributed by atoms with Crippen LogP contribution in [-0.2, 0) is 19.9 Å². The lowest BCUT2D eigenvalue weighted by atomic mass is 10.4. The molecule has 0 aliphatic carbocycles. The van der Waals surface area contributed by atoms with E-state index in [1.54, 1.807) is 0 Å². The molecule has 1 aliphatic rings. The van der Waals surface area contributed by atoms with Crippen LogP contribution in [0.2, 0.25) is 0 Å². The van der Waals surface area contributed by atoms with E-state index in [4.69, 9.17) is 9.52 Å². The van der Waals surface area contributed by atoms with Crippen molar-refractivity contribution in [1.29, 1.82) is 0 Å². The minimum atomic E-state index is -4.04. The van der Waals surface area contributed by atoms with E-state index >= 15 is 0 Å². The highest BCUT2D eigenvalue weighted by molar-refractivity contribution is 7.92. The van der Waals surface area contributed by atoms with Gasteiger partial charge >= 0.3 is 5.97 Å². The van der Waals surface area contributed by atoms with E-state index in [1.807, 2.05) is 0 Å². The maximum atomic E-state index is 12.3. The maximum absolute atomic E-state index is 12.3. The number of sulfone groups is 1. The first-order chi connectivity index (χ1) is 9.13. The van der Waals surface area contributed by atoms with Crippen LogP contribution in [0.25, 0.3) is 0 Å². The van der Waals surface area contributed by atoms with Crippen LogP contribution in [-0.4, -0.2) is 56.3 Å². The smallest absolute Gasteiger partial charge is 0.371 e. The van der Waals surface area contributed by atoms with Gasteiger partial charge in [-0.2, -0.15) is 4.31 Å². The molecule has 0 saturated carbocycles. The summed E-state index contributed by atoms with van der Waals surface area (Å²) in [5, 5.41) is 8.21. The van der Waals surface area contributed by atoms with Crippen molar-refractivity contribution in [3.8, 4) is 0 Å². The molecule has 8 nitrogen and oxygen atoms in total. The van der Waals surface area contributed by atoms with Crippen molar-refractivity contribution in [3.05, 3.63) is 17.9 Å². The number of carboxylic acid groups (broad SMARTS) is 1. The molecule has 0 bridgehead atoms. The van der Waals surface area contributed by atoms with Crippen molar-refractivity contribution in [2.75, 3.05) is 18.1 Å². The first-order valence-electron chi connectivity index (χ1n) is 5.69. The average Bonchev–Trinajstić information content (AvgIpc) is 2.76. The molecule has 1 unspecified atom stereocenters. The first-order valence-corrected chi connectivity index (χ1v) is 8.95. The third-order valence-corrected chi connectivity index (χ3v) is 6.65. The van der Waals surface area contributed by atoms with E-state index in [0.717, 1.165) is 16.4 Å². The largest absolute Gasteiger partial charge is 0.475 e. The van der Waals surface area contributed by atoms with Gasteiger partial charge in [-0.3, -0.25) is 0 Å². The molecule has 0 aromatic carbocycles. The molecule has 1 atom stereocenters. The molecule has 2 heterocycles. The van der Waals surface area contributed by atoms with Crippen molar-refractivity contribution in [2.45, 2.75) is 18.1 Å². The van der Waals surface area contributed by atoms with Crippen LogP contribution in [0, 0.1) is 0 Å². The molecule has 112 valence electrons. The van der Waals surface area contributed by atoms with Crippen molar-refractivity contribution >= 4 is 25.8 Å². The third-order valence-electron chi connectivity index (χ3n) is 2.96. The van der Waals surface area contributed by atoms with Crippen LogP contribution >= 0.6 is 0 Å². The van der Waals surface area contributed by atoms with Crippen molar-refractivity contribution in [3.63, 3.8) is 0 Å². The zero-order valence-electron chi connectivity index (χ0n) is 10.5. The normalized spacial score (nSPS) is 23.6. The first kappa shape index (κ1) is 15.0. The average molecular weight is 323 g/mol. The molecule has 1 aromatic heterocycles. The number of hydrogen-bond acceptors (Lipinski definition) is 6. The number of nitrogens with zero attached hydrogens (tertiary/aromatic N) is 1. The lowest BCUT2D eigenvalue weighted by Gasteiger charge is -2.31. The summed E-state index contributed by atoms with van der Waals surface area (Å²) in [4.78, 5) is 10.7. The van der Waals surface area contributed by atoms with Gasteiger partial charge in [0.25, 0.3) is 10.0 Å². The monoisotopic (exact) mass is 323 g/mol. The minimum absolute atomic E-state index is 0.172. The summed E-state index contributed by atoms with van der Waals surface area (Å²) in [7, 11) is -7.28. The summed E-state index contributed by atoms with van der Waals surface area (Å²) >= 11 is 0. The molecule has 20 heavy (non-hydrogen) atoms. The van der Waals surface area contributed by atoms with Gasteiger partial charge in [0.2, 0.25) is 10.9 Å². The van der Waals surface area contributed by atoms with E-state index < -0.39 is 42.7 Å². The van der Waals surface area contributed by atoms with E-state index in [0.29, 0.717) is 0 Å². The number of sulfonamides is 1. The number of furan rings is 1. The van der Waals surface area contributed by atoms with Gasteiger partial charge in [-0.25, -0.2) is 21.6 Å². The van der Waals surface area contributed by atoms with Crippen LogP contribution < -0.4 is 0 Å². The molecular formula is C10H13NO7S2. The van der Waals surface area contributed by atoms with Crippen LogP contribution in [0.5, 0.6) is 0 Å². The molecule has 0 spiro atoms. The van der Waals surface area contributed by atoms with Gasteiger partial charge < -0.3 is 9.52 Å². The Kier molecular flexibility index (Phi) is 3.65. The Bertz CT molecular complexity index is 731. The molecular weight excluding hydrogens is 310 g/mol. The van der Waals surface area contributed by atoms with Crippen molar-refractivity contribution in [1.82, 2.24) is 4.31 Å². The number of hydrogen-bond donors (Lipinski definition) is 1. The Morgan fingerprint density at radius 2 is 2.10 bits per heavy atom. The molecule has 1 aromatic rings. The summed E-state index contributed by atoms with van der Waals surface area (Å²) in [6.45, 7) is 1.31. The van der Waals surface area contributed by atoms with Gasteiger partial charge in [-0.1, -0.05) is 0 Å². The van der Waals surface area contributed by atoms with Crippen LogP contribution in [0.1, 0.15) is 17.5 Å². The van der Waals surface area contributed by atoms with E-state index in [9.17, 15) is 21.6 Å². The lowest BCUT2D eigenvalue weighted by Crippen LogP contribution is -2.49. The Morgan fingerprint density at radius 3 is 2.60 bits per heavy atom. The predicted octanol–water partition coefficient (Wildman–Crippen LogP) is -0.215. The molecule has 1 fully saturated rings. The number of carboxylic acids is 1. The van der Waals surface area contributed by atoms with Gasteiger partial charge in [-0.15, -0.1) is 0 Å². The topological polar surface area (TPSA) is 122 Å². The minimum Gasteiger partial charge on any atom is -0.475 e. The maximum Gasteiger partial charge on any atom is 0.371 e. The predicted molar refractivity (Wildman–Crippen MR) is 67.7 cm³/mol. The van der Waals surface area contributed by atoms with E-state index in [-0.39, 0.29) is 18.1 Å². The molecule has 10 heteroatoms. The zero-order chi connectivity index (χ0) is 15.1. The molecule has 2 rings (SSSR count).